The predicted octanol–water partition coefficient (Wildman–Crippen LogP) is 0.852. The van der Waals surface area contributed by atoms with Gasteiger partial charge in [0.2, 0.25) is 29.5 Å². The molecule has 0 aromatic carbocycles. The second kappa shape index (κ2) is 20.9. The Balaban J connectivity index is 3.16. The van der Waals surface area contributed by atoms with Gasteiger partial charge in [0, 0.05) is 19.4 Å². The lowest BCUT2D eigenvalue weighted by Gasteiger charge is -2.27. The van der Waals surface area contributed by atoms with Gasteiger partial charge < -0.3 is 36.9 Å². The number of thioether (sulfide) groups is 1. The maximum absolute atomic E-state index is 13.6. The lowest BCUT2D eigenvalue weighted by atomic mass is 9.93. The van der Waals surface area contributed by atoms with Crippen molar-refractivity contribution in [1.29, 1.82) is 0 Å². The topological polar surface area (TPSA) is 197 Å². The Kier molecular flexibility index (Phi) is 18.4. The highest BCUT2D eigenvalue weighted by atomic mass is 32.2. The third-order valence-corrected chi connectivity index (χ3v) is 7.53. The van der Waals surface area contributed by atoms with Crippen LogP contribution in [0.3, 0.4) is 0 Å². The summed E-state index contributed by atoms with van der Waals surface area (Å²) in [7, 11) is 0. The summed E-state index contributed by atoms with van der Waals surface area (Å²) in [6.07, 6.45) is 9.36. The highest BCUT2D eigenvalue weighted by molar-refractivity contribution is 7.98. The van der Waals surface area contributed by atoms with Gasteiger partial charge in [-0.2, -0.15) is 11.8 Å². The molecule has 4 unspecified atom stereocenters. The zero-order valence-corrected chi connectivity index (χ0v) is 25.9. The van der Waals surface area contributed by atoms with E-state index in [1.807, 2.05) is 20.1 Å². The summed E-state index contributed by atoms with van der Waals surface area (Å²) in [5.41, 5.74) is 6.52. The van der Waals surface area contributed by atoms with Crippen LogP contribution < -0.4 is 27.0 Å². The number of primary amides is 1. The molecular formula is C29H49N5O7S. The van der Waals surface area contributed by atoms with Crippen molar-refractivity contribution in [1.82, 2.24) is 21.3 Å². The van der Waals surface area contributed by atoms with E-state index in [1.54, 1.807) is 0 Å². The molecular weight excluding hydrogens is 562 g/mol. The maximum atomic E-state index is 13.6. The van der Waals surface area contributed by atoms with Crippen LogP contribution in [-0.2, 0) is 28.8 Å². The molecule has 0 bridgehead atoms. The van der Waals surface area contributed by atoms with E-state index in [4.69, 9.17) is 5.73 Å². The first-order valence-electron chi connectivity index (χ1n) is 14.7. The number of hydrogen-bond acceptors (Lipinski definition) is 8. The molecule has 0 spiro atoms. The molecule has 1 rings (SSSR count). The van der Waals surface area contributed by atoms with Crippen molar-refractivity contribution in [2.24, 2.45) is 11.7 Å². The van der Waals surface area contributed by atoms with Crippen LogP contribution in [0.1, 0.15) is 84.5 Å². The molecule has 42 heavy (non-hydrogen) atoms. The Morgan fingerprint density at radius 3 is 2.12 bits per heavy atom. The minimum absolute atomic E-state index is 0.00658. The lowest BCUT2D eigenvalue weighted by Crippen LogP contribution is -2.58. The number of aliphatic hydroxyl groups excluding tert-OH is 1. The van der Waals surface area contributed by atoms with E-state index in [1.165, 1.54) is 11.8 Å². The van der Waals surface area contributed by atoms with Gasteiger partial charge in [-0.1, -0.05) is 25.5 Å². The van der Waals surface area contributed by atoms with Crippen molar-refractivity contribution in [3.05, 3.63) is 11.6 Å². The van der Waals surface area contributed by atoms with Crippen LogP contribution in [0.4, 0.5) is 0 Å². The van der Waals surface area contributed by atoms with Gasteiger partial charge in [0.05, 0.1) is 0 Å². The second-order valence-electron chi connectivity index (χ2n) is 11.0. The standard InChI is InChI=1S/C29H49N5O7S/c1-19(2)17-23(26(30)38)33-28(40)22(13-16-42-3)32-29(41)24(18-20-9-5-4-6-10-20)34-27(39)21(11-7-14-35)31-25(37)12-8-15-36/h9,15,19,21-24,35H,4-8,10-14,16-18H2,1-3H3,(H2,30,38)(H,31,37)(H,32,41)(H,33,40)(H,34,39). The van der Waals surface area contributed by atoms with Crippen molar-refractivity contribution in [2.45, 2.75) is 109 Å². The number of nitrogens with one attached hydrogen (secondary N) is 4. The molecule has 1 aliphatic rings. The van der Waals surface area contributed by atoms with Gasteiger partial charge in [-0.25, -0.2) is 0 Å². The highest BCUT2D eigenvalue weighted by Crippen LogP contribution is 2.22. The number of amides is 5. The van der Waals surface area contributed by atoms with Crippen molar-refractivity contribution in [2.75, 3.05) is 18.6 Å². The van der Waals surface area contributed by atoms with Crippen LogP contribution in [0, 0.1) is 5.92 Å². The smallest absolute Gasteiger partial charge is 0.243 e. The van der Waals surface area contributed by atoms with E-state index in [0.29, 0.717) is 24.9 Å². The zero-order valence-electron chi connectivity index (χ0n) is 25.1. The van der Waals surface area contributed by atoms with Crippen LogP contribution in [0.25, 0.3) is 0 Å². The summed E-state index contributed by atoms with van der Waals surface area (Å²) >= 11 is 1.50. The van der Waals surface area contributed by atoms with Gasteiger partial charge in [-0.05, 0) is 75.7 Å². The Morgan fingerprint density at radius 1 is 0.952 bits per heavy atom. The lowest BCUT2D eigenvalue weighted by molar-refractivity contribution is -0.134. The fraction of sp³-hybridized carbons (Fsp3) is 0.724. The highest BCUT2D eigenvalue weighted by Gasteiger charge is 2.31. The Bertz CT molecular complexity index is 943. The van der Waals surface area contributed by atoms with Crippen LogP contribution >= 0.6 is 11.8 Å². The minimum atomic E-state index is -1.03. The molecule has 7 N–H and O–H groups in total. The molecule has 0 aliphatic heterocycles. The van der Waals surface area contributed by atoms with Crippen LogP contribution in [0.2, 0.25) is 0 Å². The third kappa shape index (κ3) is 14.8. The summed E-state index contributed by atoms with van der Waals surface area (Å²) in [5, 5.41) is 20.1. The van der Waals surface area contributed by atoms with E-state index in [2.05, 4.69) is 27.3 Å². The fourth-order valence-electron chi connectivity index (χ4n) is 4.62. The van der Waals surface area contributed by atoms with E-state index in [0.717, 1.165) is 31.3 Å². The average molecular weight is 612 g/mol. The molecule has 4 atom stereocenters. The molecule has 0 saturated carbocycles. The van der Waals surface area contributed by atoms with Crippen LogP contribution in [0.5, 0.6) is 0 Å². The molecule has 0 saturated heterocycles. The molecule has 0 aromatic heterocycles. The molecule has 0 radical (unpaired) electrons. The zero-order chi connectivity index (χ0) is 31.5. The van der Waals surface area contributed by atoms with E-state index in [-0.39, 0.29) is 44.6 Å². The van der Waals surface area contributed by atoms with Crippen molar-refractivity contribution in [3.63, 3.8) is 0 Å². The molecule has 5 amide bonds. The second-order valence-corrected chi connectivity index (χ2v) is 12.0. The molecule has 0 fully saturated rings. The van der Waals surface area contributed by atoms with Gasteiger partial charge >= 0.3 is 0 Å². The fourth-order valence-corrected chi connectivity index (χ4v) is 5.09. The molecule has 0 heterocycles. The Hall–Kier alpha value is -2.93. The number of aldehydes is 1. The maximum Gasteiger partial charge on any atom is 0.243 e. The summed E-state index contributed by atoms with van der Waals surface area (Å²) in [5.74, 6) is -2.20. The van der Waals surface area contributed by atoms with Crippen molar-refractivity contribution >= 4 is 47.6 Å². The first kappa shape index (κ1) is 37.1. The number of carbonyl (C=O) groups excluding carboxylic acids is 6. The SMILES string of the molecule is CSCCC(NC(=O)C(CC1=CCCCC1)NC(=O)C(CCCO)NC(=O)CCC=O)C(=O)NC(CC(C)C)C(N)=O. The summed E-state index contributed by atoms with van der Waals surface area (Å²) in [6, 6.07) is -3.90. The number of rotatable bonds is 21. The van der Waals surface area contributed by atoms with Crippen molar-refractivity contribution < 1.29 is 33.9 Å². The van der Waals surface area contributed by atoms with Gasteiger partial charge in [-0.3, -0.25) is 24.0 Å². The Morgan fingerprint density at radius 2 is 1.57 bits per heavy atom. The summed E-state index contributed by atoms with van der Waals surface area (Å²) in [6.45, 7) is 3.61. The van der Waals surface area contributed by atoms with Gasteiger partial charge in [0.1, 0.15) is 30.5 Å². The third-order valence-electron chi connectivity index (χ3n) is 6.89. The molecule has 12 nitrogen and oxygen atoms in total. The molecule has 13 heteroatoms. The van der Waals surface area contributed by atoms with Gasteiger partial charge in [0.25, 0.3) is 0 Å². The van der Waals surface area contributed by atoms with E-state index in [9.17, 15) is 33.9 Å². The van der Waals surface area contributed by atoms with Crippen LogP contribution in [0.15, 0.2) is 11.6 Å². The minimum Gasteiger partial charge on any atom is -0.396 e. The van der Waals surface area contributed by atoms with E-state index < -0.39 is 53.7 Å². The molecule has 238 valence electrons. The quantitative estimate of drug-likeness (QED) is 0.0811. The largest absolute Gasteiger partial charge is 0.396 e. The van der Waals surface area contributed by atoms with Gasteiger partial charge in [0.15, 0.2) is 0 Å². The summed E-state index contributed by atoms with van der Waals surface area (Å²) in [4.78, 5) is 75.0. The number of hydrogen-bond donors (Lipinski definition) is 6. The van der Waals surface area contributed by atoms with Crippen molar-refractivity contribution in [3.8, 4) is 0 Å². The number of aliphatic hydroxyl groups is 1. The predicted molar refractivity (Wildman–Crippen MR) is 162 cm³/mol. The first-order valence-corrected chi connectivity index (χ1v) is 16.1. The Labute approximate surface area is 253 Å². The van der Waals surface area contributed by atoms with E-state index >= 15 is 0 Å². The normalized spacial score (nSPS) is 15.9. The average Bonchev–Trinajstić information content (AvgIpc) is 2.95. The first-order chi connectivity index (χ1) is 20.0. The number of carbonyl (C=O) groups is 6. The van der Waals surface area contributed by atoms with Crippen LogP contribution in [-0.4, -0.2) is 83.7 Å². The number of nitrogens with two attached hydrogens (primary N) is 1. The molecule has 1 aliphatic carbocycles. The number of allylic oxidation sites excluding steroid dienone is 1. The molecule has 0 aromatic rings. The van der Waals surface area contributed by atoms with Gasteiger partial charge in [-0.15, -0.1) is 0 Å². The summed E-state index contributed by atoms with van der Waals surface area (Å²) < 4.78 is 0. The monoisotopic (exact) mass is 611 g/mol.